The molecule has 0 radical (unpaired) electrons. The van der Waals surface area contributed by atoms with E-state index in [1.54, 1.807) is 0 Å². The second-order valence-corrected chi connectivity index (χ2v) is 4.74. The molecule has 0 aromatic carbocycles. The summed E-state index contributed by atoms with van der Waals surface area (Å²) in [4.78, 5) is 2.38. The second kappa shape index (κ2) is 7.20. The highest BCUT2D eigenvalue weighted by Crippen LogP contribution is 2.28. The van der Waals surface area contributed by atoms with Gasteiger partial charge in [-0.1, -0.05) is 0 Å². The summed E-state index contributed by atoms with van der Waals surface area (Å²) in [5.74, 6) is 0.886. The monoisotopic (exact) mass is 214 g/mol. The highest BCUT2D eigenvalue weighted by molar-refractivity contribution is 4.72. The molecule has 1 unspecified atom stereocenters. The van der Waals surface area contributed by atoms with Crippen LogP contribution >= 0.6 is 0 Å². The smallest absolute Gasteiger partial charge is 0.0593 e. The fourth-order valence-electron chi connectivity index (χ4n) is 1.54. The lowest BCUT2D eigenvalue weighted by atomic mass is 10.2. The zero-order chi connectivity index (χ0) is 11.1. The third-order valence-corrected chi connectivity index (χ3v) is 3.20. The Bertz CT molecular complexity index is 160. The van der Waals surface area contributed by atoms with Gasteiger partial charge >= 0.3 is 0 Å². The first-order valence-corrected chi connectivity index (χ1v) is 6.16. The minimum atomic E-state index is 0.641. The van der Waals surface area contributed by atoms with Gasteiger partial charge in [0.25, 0.3) is 0 Å². The molecule has 0 saturated heterocycles. The number of hydrogen-bond acceptors (Lipinski definition) is 3. The van der Waals surface area contributed by atoms with Crippen molar-refractivity contribution in [2.24, 2.45) is 5.92 Å². The highest BCUT2D eigenvalue weighted by atomic mass is 16.5. The lowest BCUT2D eigenvalue weighted by Crippen LogP contribution is -2.34. The maximum absolute atomic E-state index is 5.63. The van der Waals surface area contributed by atoms with Crippen molar-refractivity contribution in [2.45, 2.75) is 32.2 Å². The van der Waals surface area contributed by atoms with Crippen LogP contribution in [0.2, 0.25) is 0 Å². The Morgan fingerprint density at radius 2 is 2.20 bits per heavy atom. The van der Waals surface area contributed by atoms with Gasteiger partial charge in [-0.2, -0.15) is 0 Å². The van der Waals surface area contributed by atoms with Crippen LogP contribution < -0.4 is 5.32 Å². The molecule has 1 rings (SSSR count). The van der Waals surface area contributed by atoms with E-state index >= 15 is 0 Å². The molecular weight excluding hydrogens is 188 g/mol. The van der Waals surface area contributed by atoms with Gasteiger partial charge < -0.3 is 15.0 Å². The van der Waals surface area contributed by atoms with Gasteiger partial charge in [0.05, 0.1) is 6.61 Å². The molecule has 0 aromatic heterocycles. The fraction of sp³-hybridized carbons (Fsp3) is 1.00. The molecule has 1 aliphatic rings. The van der Waals surface area contributed by atoms with Crippen LogP contribution in [0.3, 0.4) is 0 Å². The molecule has 3 heteroatoms. The Morgan fingerprint density at radius 3 is 2.80 bits per heavy atom. The highest BCUT2D eigenvalue weighted by Gasteiger charge is 2.21. The summed E-state index contributed by atoms with van der Waals surface area (Å²) in [5, 5.41) is 3.19. The Labute approximate surface area is 94.2 Å². The van der Waals surface area contributed by atoms with E-state index in [0.717, 1.165) is 32.2 Å². The molecule has 0 amide bonds. The minimum Gasteiger partial charge on any atom is -0.380 e. The third kappa shape index (κ3) is 6.13. The molecule has 1 N–H and O–H groups in total. The minimum absolute atomic E-state index is 0.641. The number of likely N-dealkylation sites (N-methyl/N-ethyl adjacent to an activating group) is 1. The van der Waals surface area contributed by atoms with Gasteiger partial charge in [0.1, 0.15) is 0 Å². The van der Waals surface area contributed by atoms with Crippen molar-refractivity contribution in [3.63, 3.8) is 0 Å². The Morgan fingerprint density at radius 1 is 1.47 bits per heavy atom. The van der Waals surface area contributed by atoms with Gasteiger partial charge in [-0.15, -0.1) is 0 Å². The first kappa shape index (κ1) is 12.9. The number of rotatable bonds is 9. The van der Waals surface area contributed by atoms with E-state index < -0.39 is 0 Å². The summed E-state index contributed by atoms with van der Waals surface area (Å²) < 4.78 is 5.63. The van der Waals surface area contributed by atoms with E-state index in [1.165, 1.54) is 19.3 Å². The average Bonchev–Trinajstić information content (AvgIpc) is 3.04. The standard InChI is InChI=1S/C12H26N2O/c1-11(6-7-13-2)14(3)8-9-15-10-12-4-5-12/h11-13H,4-10H2,1-3H3. The van der Waals surface area contributed by atoms with Crippen molar-refractivity contribution < 1.29 is 4.74 Å². The van der Waals surface area contributed by atoms with E-state index in [9.17, 15) is 0 Å². The molecule has 1 aliphatic carbocycles. The summed E-state index contributed by atoms with van der Waals surface area (Å²) in [7, 11) is 4.19. The van der Waals surface area contributed by atoms with Crippen LogP contribution in [-0.2, 0) is 4.74 Å². The van der Waals surface area contributed by atoms with Crippen LogP contribution in [0, 0.1) is 5.92 Å². The molecule has 0 aliphatic heterocycles. The van der Waals surface area contributed by atoms with Gasteiger partial charge in [-0.05, 0) is 52.7 Å². The first-order valence-electron chi connectivity index (χ1n) is 6.16. The zero-order valence-corrected chi connectivity index (χ0v) is 10.5. The SMILES string of the molecule is CNCCC(C)N(C)CCOCC1CC1. The van der Waals surface area contributed by atoms with Crippen molar-refractivity contribution in [1.82, 2.24) is 10.2 Å². The van der Waals surface area contributed by atoms with Crippen LogP contribution in [0.4, 0.5) is 0 Å². The maximum atomic E-state index is 5.63. The van der Waals surface area contributed by atoms with Crippen molar-refractivity contribution in [1.29, 1.82) is 0 Å². The van der Waals surface area contributed by atoms with E-state index in [1.807, 2.05) is 7.05 Å². The quantitative estimate of drug-likeness (QED) is 0.586. The van der Waals surface area contributed by atoms with Crippen molar-refractivity contribution in [3.8, 4) is 0 Å². The summed E-state index contributed by atoms with van der Waals surface area (Å²) in [6, 6.07) is 0.641. The molecule has 0 aromatic rings. The summed E-state index contributed by atoms with van der Waals surface area (Å²) in [6.45, 7) is 6.29. The second-order valence-electron chi connectivity index (χ2n) is 4.74. The van der Waals surface area contributed by atoms with Gasteiger partial charge in [-0.3, -0.25) is 0 Å². The molecule has 90 valence electrons. The number of nitrogens with zero attached hydrogens (tertiary/aromatic N) is 1. The Kier molecular flexibility index (Phi) is 6.22. The number of ether oxygens (including phenoxy) is 1. The molecule has 1 fully saturated rings. The predicted molar refractivity (Wildman–Crippen MR) is 64.2 cm³/mol. The van der Waals surface area contributed by atoms with Crippen LogP contribution in [0.25, 0.3) is 0 Å². The predicted octanol–water partition coefficient (Wildman–Crippen LogP) is 1.34. The first-order chi connectivity index (χ1) is 7.24. The lowest BCUT2D eigenvalue weighted by Gasteiger charge is -2.24. The van der Waals surface area contributed by atoms with E-state index in [2.05, 4.69) is 24.2 Å². The average molecular weight is 214 g/mol. The topological polar surface area (TPSA) is 24.5 Å². The Balaban J connectivity index is 1.92. The van der Waals surface area contributed by atoms with E-state index in [4.69, 9.17) is 4.74 Å². The van der Waals surface area contributed by atoms with Crippen LogP contribution in [-0.4, -0.2) is 51.3 Å². The molecular formula is C12H26N2O. The molecule has 0 spiro atoms. The van der Waals surface area contributed by atoms with Gasteiger partial charge in [0.15, 0.2) is 0 Å². The van der Waals surface area contributed by atoms with Crippen LogP contribution in [0.15, 0.2) is 0 Å². The molecule has 3 nitrogen and oxygen atoms in total. The molecule has 1 atom stereocenters. The normalized spacial score (nSPS) is 18.4. The van der Waals surface area contributed by atoms with Gasteiger partial charge in [-0.25, -0.2) is 0 Å². The van der Waals surface area contributed by atoms with Crippen molar-refractivity contribution in [2.75, 3.05) is 40.4 Å². The van der Waals surface area contributed by atoms with Crippen molar-refractivity contribution in [3.05, 3.63) is 0 Å². The zero-order valence-electron chi connectivity index (χ0n) is 10.5. The number of hydrogen-bond donors (Lipinski definition) is 1. The van der Waals surface area contributed by atoms with Crippen LogP contribution in [0.1, 0.15) is 26.2 Å². The fourth-order valence-corrected chi connectivity index (χ4v) is 1.54. The number of nitrogens with one attached hydrogen (secondary N) is 1. The molecule has 1 saturated carbocycles. The van der Waals surface area contributed by atoms with Gasteiger partial charge in [0.2, 0.25) is 0 Å². The maximum Gasteiger partial charge on any atom is 0.0593 e. The van der Waals surface area contributed by atoms with Crippen LogP contribution in [0.5, 0.6) is 0 Å². The van der Waals surface area contributed by atoms with Crippen molar-refractivity contribution >= 4 is 0 Å². The molecule has 15 heavy (non-hydrogen) atoms. The molecule has 0 heterocycles. The Hall–Kier alpha value is -0.120. The third-order valence-electron chi connectivity index (χ3n) is 3.20. The van der Waals surface area contributed by atoms with E-state index in [-0.39, 0.29) is 0 Å². The largest absolute Gasteiger partial charge is 0.380 e. The summed E-state index contributed by atoms with van der Waals surface area (Å²) in [6.07, 6.45) is 3.97. The van der Waals surface area contributed by atoms with E-state index in [0.29, 0.717) is 6.04 Å². The van der Waals surface area contributed by atoms with Gasteiger partial charge in [0, 0.05) is 19.2 Å². The summed E-state index contributed by atoms with van der Waals surface area (Å²) >= 11 is 0. The summed E-state index contributed by atoms with van der Waals surface area (Å²) in [5.41, 5.74) is 0. The lowest BCUT2D eigenvalue weighted by molar-refractivity contribution is 0.0925. The molecule has 0 bridgehead atoms.